The summed E-state index contributed by atoms with van der Waals surface area (Å²) in [4.78, 5) is 11.4. The van der Waals surface area contributed by atoms with E-state index >= 15 is 0 Å². The zero-order chi connectivity index (χ0) is 11.8. The number of amides is 1. The average Bonchev–Trinajstić information content (AvgIpc) is 2.30. The standard InChI is InChI=1S/C12H17NO3/c1-16-8-2-3-12(15)13-11-6-4-10(9-14)5-7-11/h4-7,14H,2-3,8-9H2,1H3,(H,13,15). The van der Waals surface area contributed by atoms with Gasteiger partial charge in [-0.1, -0.05) is 12.1 Å². The number of nitrogens with one attached hydrogen (secondary N) is 1. The van der Waals surface area contributed by atoms with Gasteiger partial charge < -0.3 is 15.2 Å². The first-order valence-corrected chi connectivity index (χ1v) is 5.25. The topological polar surface area (TPSA) is 58.6 Å². The Hall–Kier alpha value is -1.39. The van der Waals surface area contributed by atoms with Crippen molar-refractivity contribution in [3.05, 3.63) is 29.8 Å². The van der Waals surface area contributed by atoms with Crippen LogP contribution in [0.4, 0.5) is 5.69 Å². The Labute approximate surface area is 95.2 Å². The lowest BCUT2D eigenvalue weighted by molar-refractivity contribution is -0.116. The number of hydrogen-bond acceptors (Lipinski definition) is 3. The van der Waals surface area contributed by atoms with Gasteiger partial charge >= 0.3 is 0 Å². The van der Waals surface area contributed by atoms with Gasteiger partial charge in [0.15, 0.2) is 0 Å². The largest absolute Gasteiger partial charge is 0.392 e. The number of benzene rings is 1. The summed E-state index contributed by atoms with van der Waals surface area (Å²) < 4.78 is 4.86. The SMILES string of the molecule is COCCCC(=O)Nc1ccc(CO)cc1. The zero-order valence-corrected chi connectivity index (χ0v) is 9.40. The minimum Gasteiger partial charge on any atom is -0.392 e. The second kappa shape index (κ2) is 6.98. The third kappa shape index (κ3) is 4.42. The lowest BCUT2D eigenvalue weighted by Crippen LogP contribution is -2.11. The fourth-order valence-corrected chi connectivity index (χ4v) is 1.29. The number of aliphatic hydroxyl groups is 1. The lowest BCUT2D eigenvalue weighted by atomic mass is 10.2. The van der Waals surface area contributed by atoms with Crippen molar-refractivity contribution in [2.24, 2.45) is 0 Å². The van der Waals surface area contributed by atoms with E-state index in [0.29, 0.717) is 13.0 Å². The van der Waals surface area contributed by atoms with Gasteiger partial charge in [-0.15, -0.1) is 0 Å². The van der Waals surface area contributed by atoms with Gasteiger partial charge in [0, 0.05) is 25.8 Å². The molecule has 0 atom stereocenters. The molecule has 88 valence electrons. The Morgan fingerprint density at radius 1 is 1.38 bits per heavy atom. The molecule has 0 aliphatic carbocycles. The number of carbonyl (C=O) groups excluding carboxylic acids is 1. The number of carbonyl (C=O) groups is 1. The highest BCUT2D eigenvalue weighted by molar-refractivity contribution is 5.90. The quantitative estimate of drug-likeness (QED) is 0.719. The molecule has 0 spiro atoms. The maximum Gasteiger partial charge on any atom is 0.224 e. The van der Waals surface area contributed by atoms with Crippen molar-refractivity contribution < 1.29 is 14.6 Å². The molecule has 1 aromatic rings. The first-order valence-electron chi connectivity index (χ1n) is 5.25. The Bertz CT molecular complexity index is 322. The minimum atomic E-state index is -0.0196. The molecule has 1 rings (SSSR count). The molecule has 4 heteroatoms. The summed E-state index contributed by atoms with van der Waals surface area (Å²) in [6.45, 7) is 0.610. The first kappa shape index (κ1) is 12.7. The molecule has 0 aliphatic heterocycles. The van der Waals surface area contributed by atoms with Gasteiger partial charge in [0.1, 0.15) is 0 Å². The smallest absolute Gasteiger partial charge is 0.224 e. The molecular weight excluding hydrogens is 206 g/mol. The summed E-state index contributed by atoms with van der Waals surface area (Å²) in [5, 5.41) is 11.6. The number of aliphatic hydroxyl groups excluding tert-OH is 1. The van der Waals surface area contributed by atoms with Crippen molar-refractivity contribution in [3.63, 3.8) is 0 Å². The Morgan fingerprint density at radius 3 is 2.62 bits per heavy atom. The molecule has 0 aliphatic rings. The van der Waals surface area contributed by atoms with Crippen LogP contribution in [0.3, 0.4) is 0 Å². The van der Waals surface area contributed by atoms with E-state index in [-0.39, 0.29) is 12.5 Å². The van der Waals surface area contributed by atoms with Crippen LogP contribution in [-0.4, -0.2) is 24.7 Å². The minimum absolute atomic E-state index is 0.0159. The van der Waals surface area contributed by atoms with Crippen molar-refractivity contribution in [2.75, 3.05) is 19.0 Å². The van der Waals surface area contributed by atoms with Gasteiger partial charge in [-0.05, 0) is 24.1 Å². The predicted octanol–water partition coefficient (Wildman–Crippen LogP) is 1.54. The second-order valence-corrected chi connectivity index (χ2v) is 3.50. The van der Waals surface area contributed by atoms with Gasteiger partial charge in [0.05, 0.1) is 6.61 Å². The highest BCUT2D eigenvalue weighted by Crippen LogP contribution is 2.10. The van der Waals surface area contributed by atoms with Crippen LogP contribution in [0.2, 0.25) is 0 Å². The Kier molecular flexibility index (Phi) is 5.53. The van der Waals surface area contributed by atoms with Crippen LogP contribution in [0.15, 0.2) is 24.3 Å². The molecule has 0 bridgehead atoms. The lowest BCUT2D eigenvalue weighted by Gasteiger charge is -2.05. The Morgan fingerprint density at radius 2 is 2.06 bits per heavy atom. The molecule has 1 amide bonds. The number of anilines is 1. The maximum atomic E-state index is 11.4. The monoisotopic (exact) mass is 223 g/mol. The van der Waals surface area contributed by atoms with E-state index in [9.17, 15) is 4.79 Å². The summed E-state index contributed by atoms with van der Waals surface area (Å²) in [5.74, 6) is -0.0196. The molecule has 0 heterocycles. The van der Waals surface area contributed by atoms with E-state index in [1.165, 1.54) is 0 Å². The molecule has 1 aromatic carbocycles. The molecule has 0 radical (unpaired) electrons. The van der Waals surface area contributed by atoms with Crippen LogP contribution in [0, 0.1) is 0 Å². The molecule has 16 heavy (non-hydrogen) atoms. The van der Waals surface area contributed by atoms with Crippen molar-refractivity contribution in [1.82, 2.24) is 0 Å². The van der Waals surface area contributed by atoms with E-state index in [1.54, 1.807) is 31.4 Å². The van der Waals surface area contributed by atoms with E-state index in [0.717, 1.165) is 17.7 Å². The molecule has 0 aromatic heterocycles. The highest BCUT2D eigenvalue weighted by Gasteiger charge is 2.01. The van der Waals surface area contributed by atoms with E-state index in [4.69, 9.17) is 9.84 Å². The van der Waals surface area contributed by atoms with Crippen LogP contribution < -0.4 is 5.32 Å². The molecular formula is C12H17NO3. The van der Waals surface area contributed by atoms with Gasteiger partial charge in [-0.2, -0.15) is 0 Å². The highest BCUT2D eigenvalue weighted by atomic mass is 16.5. The summed E-state index contributed by atoms with van der Waals surface area (Å²) >= 11 is 0. The third-order valence-electron chi connectivity index (χ3n) is 2.17. The van der Waals surface area contributed by atoms with Crippen LogP contribution in [0.1, 0.15) is 18.4 Å². The van der Waals surface area contributed by atoms with Crippen LogP contribution in [-0.2, 0) is 16.1 Å². The molecule has 0 unspecified atom stereocenters. The number of methoxy groups -OCH3 is 1. The summed E-state index contributed by atoms with van der Waals surface area (Å²) in [7, 11) is 1.62. The van der Waals surface area contributed by atoms with Crippen molar-refractivity contribution in [1.29, 1.82) is 0 Å². The van der Waals surface area contributed by atoms with E-state index in [1.807, 2.05) is 0 Å². The third-order valence-corrected chi connectivity index (χ3v) is 2.17. The predicted molar refractivity (Wildman–Crippen MR) is 62.1 cm³/mol. The normalized spacial score (nSPS) is 10.1. The van der Waals surface area contributed by atoms with Crippen molar-refractivity contribution in [3.8, 4) is 0 Å². The van der Waals surface area contributed by atoms with Gasteiger partial charge in [0.25, 0.3) is 0 Å². The first-order chi connectivity index (χ1) is 7.76. The van der Waals surface area contributed by atoms with E-state index in [2.05, 4.69) is 5.32 Å². The zero-order valence-electron chi connectivity index (χ0n) is 9.40. The number of ether oxygens (including phenoxy) is 1. The molecule has 4 nitrogen and oxygen atoms in total. The second-order valence-electron chi connectivity index (χ2n) is 3.50. The maximum absolute atomic E-state index is 11.4. The van der Waals surface area contributed by atoms with Gasteiger partial charge in [-0.3, -0.25) is 4.79 Å². The van der Waals surface area contributed by atoms with Gasteiger partial charge in [-0.25, -0.2) is 0 Å². The average molecular weight is 223 g/mol. The summed E-state index contributed by atoms with van der Waals surface area (Å²) in [6, 6.07) is 7.12. The molecule has 0 saturated heterocycles. The summed E-state index contributed by atoms with van der Waals surface area (Å²) in [5.41, 5.74) is 1.58. The van der Waals surface area contributed by atoms with Crippen molar-refractivity contribution in [2.45, 2.75) is 19.4 Å². The Balaban J connectivity index is 2.37. The molecule has 0 fully saturated rings. The van der Waals surface area contributed by atoms with Gasteiger partial charge in [0.2, 0.25) is 5.91 Å². The van der Waals surface area contributed by atoms with Crippen molar-refractivity contribution >= 4 is 11.6 Å². The fourth-order valence-electron chi connectivity index (χ4n) is 1.29. The van der Waals surface area contributed by atoms with Crippen LogP contribution >= 0.6 is 0 Å². The number of rotatable bonds is 6. The van der Waals surface area contributed by atoms with E-state index < -0.39 is 0 Å². The fraction of sp³-hybridized carbons (Fsp3) is 0.417. The molecule has 0 saturated carbocycles. The number of hydrogen-bond donors (Lipinski definition) is 2. The molecule has 2 N–H and O–H groups in total. The summed E-state index contributed by atoms with van der Waals surface area (Å²) in [6.07, 6.45) is 1.17. The van der Waals surface area contributed by atoms with Crippen LogP contribution in [0.5, 0.6) is 0 Å². The van der Waals surface area contributed by atoms with Crippen LogP contribution in [0.25, 0.3) is 0 Å².